The summed E-state index contributed by atoms with van der Waals surface area (Å²) in [5, 5.41) is 2.92. The van der Waals surface area contributed by atoms with Gasteiger partial charge in [0.2, 0.25) is 0 Å². The lowest BCUT2D eigenvalue weighted by atomic mass is 9.95. The number of rotatable bonds is 4. The Balaban J connectivity index is 1.61. The molecule has 1 heterocycles. The van der Waals surface area contributed by atoms with E-state index in [2.05, 4.69) is 23.2 Å². The summed E-state index contributed by atoms with van der Waals surface area (Å²) >= 11 is 0. The zero-order valence-corrected chi connectivity index (χ0v) is 17.8. The quantitative estimate of drug-likeness (QED) is 0.632. The molecule has 5 heteroatoms. The molecule has 5 nitrogen and oxygen atoms in total. The first-order valence-corrected chi connectivity index (χ1v) is 10.0. The maximum Gasteiger partial charge on any atom is 0.408 e. The van der Waals surface area contributed by atoms with Crippen LogP contribution < -0.4 is 15.0 Å². The summed E-state index contributed by atoms with van der Waals surface area (Å²) in [5.74, 6) is 7.18. The third kappa shape index (κ3) is 4.65. The fraction of sp³-hybridized carbons (Fsp3) is 0.192. The van der Waals surface area contributed by atoms with Crippen LogP contribution >= 0.6 is 0 Å². The van der Waals surface area contributed by atoms with E-state index in [1.807, 2.05) is 85.7 Å². The minimum Gasteiger partial charge on any atom is -0.497 e. The molecule has 1 aliphatic heterocycles. The minimum absolute atomic E-state index is 0.307. The van der Waals surface area contributed by atoms with E-state index >= 15 is 0 Å². The van der Waals surface area contributed by atoms with Crippen molar-refractivity contribution in [3.63, 3.8) is 0 Å². The van der Waals surface area contributed by atoms with E-state index in [1.54, 1.807) is 7.11 Å². The molecule has 3 aromatic rings. The number of anilines is 1. The monoisotopic (exact) mass is 412 g/mol. The Kier molecular flexibility index (Phi) is 5.81. The number of benzene rings is 3. The molecule has 0 aromatic heterocycles. The minimum atomic E-state index is -0.442. The standard InChI is InChI=1S/C26H24N2O3/c1-28(2)22-11-5-8-19(16-22)14-13-18-7-4-9-20(15-18)24-25(31-26(29)27-24)21-10-6-12-23(17-21)30-3/h4-12,15-17,24-25H,1-3H3,(H,27,29)/t24-,25-/m1/s1. The molecule has 4 rings (SSSR count). The maximum absolute atomic E-state index is 12.1. The summed E-state index contributed by atoms with van der Waals surface area (Å²) in [4.78, 5) is 14.1. The van der Waals surface area contributed by atoms with Crippen molar-refractivity contribution in [2.75, 3.05) is 26.1 Å². The van der Waals surface area contributed by atoms with Crippen molar-refractivity contribution >= 4 is 11.8 Å². The number of hydrogen-bond donors (Lipinski definition) is 1. The van der Waals surface area contributed by atoms with Gasteiger partial charge in [-0.1, -0.05) is 42.2 Å². The first-order chi connectivity index (χ1) is 15.0. The van der Waals surface area contributed by atoms with Crippen LogP contribution in [0.25, 0.3) is 0 Å². The van der Waals surface area contributed by atoms with Gasteiger partial charge in [0.05, 0.1) is 13.2 Å². The van der Waals surface area contributed by atoms with Gasteiger partial charge >= 0.3 is 6.09 Å². The zero-order chi connectivity index (χ0) is 21.8. The molecular formula is C26H24N2O3. The third-order valence-corrected chi connectivity index (χ3v) is 5.19. The molecule has 3 aromatic carbocycles. The molecule has 0 spiro atoms. The van der Waals surface area contributed by atoms with Crippen molar-refractivity contribution in [2.24, 2.45) is 0 Å². The Bertz CT molecular complexity index is 1160. The van der Waals surface area contributed by atoms with Crippen molar-refractivity contribution < 1.29 is 14.3 Å². The Morgan fingerprint density at radius 2 is 1.58 bits per heavy atom. The van der Waals surface area contributed by atoms with E-state index in [0.29, 0.717) is 0 Å². The smallest absolute Gasteiger partial charge is 0.408 e. The Labute approximate surface area is 182 Å². The highest BCUT2D eigenvalue weighted by Gasteiger charge is 2.36. The van der Waals surface area contributed by atoms with Crippen LogP contribution in [-0.2, 0) is 4.74 Å². The van der Waals surface area contributed by atoms with E-state index in [0.717, 1.165) is 33.7 Å². The molecule has 0 aliphatic carbocycles. The van der Waals surface area contributed by atoms with Gasteiger partial charge < -0.3 is 19.7 Å². The van der Waals surface area contributed by atoms with Gasteiger partial charge in [-0.2, -0.15) is 0 Å². The van der Waals surface area contributed by atoms with Crippen LogP contribution in [0.15, 0.2) is 72.8 Å². The first-order valence-electron chi connectivity index (χ1n) is 10.0. The number of amides is 1. The van der Waals surface area contributed by atoms with Crippen LogP contribution in [0.4, 0.5) is 10.5 Å². The number of nitrogens with zero attached hydrogens (tertiary/aromatic N) is 1. The lowest BCUT2D eigenvalue weighted by molar-refractivity contribution is 0.132. The predicted octanol–water partition coefficient (Wildman–Crippen LogP) is 4.68. The second kappa shape index (κ2) is 8.85. The van der Waals surface area contributed by atoms with Crippen molar-refractivity contribution in [3.8, 4) is 17.6 Å². The molecule has 0 unspecified atom stereocenters. The van der Waals surface area contributed by atoms with E-state index < -0.39 is 12.2 Å². The van der Waals surface area contributed by atoms with Gasteiger partial charge in [-0.15, -0.1) is 0 Å². The normalized spacial score (nSPS) is 17.2. The van der Waals surface area contributed by atoms with Crippen molar-refractivity contribution in [2.45, 2.75) is 12.1 Å². The molecule has 0 radical (unpaired) electrons. The van der Waals surface area contributed by atoms with Crippen LogP contribution in [0.1, 0.15) is 34.4 Å². The van der Waals surface area contributed by atoms with Crippen molar-refractivity contribution in [3.05, 3.63) is 95.1 Å². The van der Waals surface area contributed by atoms with Crippen LogP contribution in [-0.4, -0.2) is 27.3 Å². The summed E-state index contributed by atoms with van der Waals surface area (Å²) in [6, 6.07) is 23.3. The van der Waals surface area contributed by atoms with Gasteiger partial charge in [-0.05, 0) is 53.6 Å². The van der Waals surface area contributed by atoms with E-state index in [9.17, 15) is 4.79 Å². The Hall–Kier alpha value is -3.91. The average Bonchev–Trinajstić information content (AvgIpc) is 3.20. The van der Waals surface area contributed by atoms with E-state index in [4.69, 9.17) is 9.47 Å². The number of ether oxygens (including phenoxy) is 2. The lowest BCUT2D eigenvalue weighted by Gasteiger charge is -2.18. The summed E-state index contributed by atoms with van der Waals surface area (Å²) in [6.45, 7) is 0. The number of cyclic esters (lactones) is 1. The molecule has 31 heavy (non-hydrogen) atoms. The fourth-order valence-electron chi connectivity index (χ4n) is 3.57. The van der Waals surface area contributed by atoms with Gasteiger partial charge in [0.15, 0.2) is 6.10 Å². The summed E-state index contributed by atoms with van der Waals surface area (Å²) in [5.41, 5.74) is 4.74. The fourth-order valence-corrected chi connectivity index (χ4v) is 3.57. The number of alkyl carbamates (subject to hydrolysis) is 1. The highest BCUT2D eigenvalue weighted by molar-refractivity contribution is 5.71. The molecule has 0 bridgehead atoms. The zero-order valence-electron chi connectivity index (χ0n) is 17.8. The van der Waals surface area contributed by atoms with Crippen LogP contribution in [0.2, 0.25) is 0 Å². The van der Waals surface area contributed by atoms with Crippen LogP contribution in [0.3, 0.4) is 0 Å². The number of carbonyl (C=O) groups is 1. The highest BCUT2D eigenvalue weighted by Crippen LogP contribution is 2.37. The second-order valence-corrected chi connectivity index (χ2v) is 7.54. The second-order valence-electron chi connectivity index (χ2n) is 7.54. The number of carbonyl (C=O) groups excluding carboxylic acids is 1. The molecule has 0 saturated carbocycles. The van der Waals surface area contributed by atoms with Gasteiger partial charge in [-0.3, -0.25) is 0 Å². The molecule has 1 saturated heterocycles. The Morgan fingerprint density at radius 1 is 0.903 bits per heavy atom. The molecule has 1 aliphatic rings. The van der Waals surface area contributed by atoms with Gasteiger partial charge in [0.25, 0.3) is 0 Å². The summed E-state index contributed by atoms with van der Waals surface area (Å²) in [7, 11) is 5.63. The van der Waals surface area contributed by atoms with Crippen molar-refractivity contribution in [1.82, 2.24) is 5.32 Å². The van der Waals surface area contributed by atoms with Gasteiger partial charge in [0, 0.05) is 30.9 Å². The molecular weight excluding hydrogens is 388 g/mol. The molecule has 156 valence electrons. The SMILES string of the molecule is COc1cccc([C@H]2OC(=O)N[C@@H]2c2cccc(C#Cc3cccc(N(C)C)c3)c2)c1. The van der Waals surface area contributed by atoms with E-state index in [-0.39, 0.29) is 6.04 Å². The number of hydrogen-bond acceptors (Lipinski definition) is 4. The average molecular weight is 412 g/mol. The van der Waals surface area contributed by atoms with Crippen LogP contribution in [0.5, 0.6) is 5.75 Å². The number of methoxy groups -OCH3 is 1. The summed E-state index contributed by atoms with van der Waals surface area (Å²) in [6.07, 6.45) is -0.877. The van der Waals surface area contributed by atoms with Gasteiger partial charge in [0.1, 0.15) is 5.75 Å². The lowest BCUT2D eigenvalue weighted by Crippen LogP contribution is -2.19. The third-order valence-electron chi connectivity index (χ3n) is 5.19. The molecule has 1 fully saturated rings. The topological polar surface area (TPSA) is 50.8 Å². The van der Waals surface area contributed by atoms with E-state index in [1.165, 1.54) is 0 Å². The molecule has 1 N–H and O–H groups in total. The molecule has 2 atom stereocenters. The predicted molar refractivity (Wildman–Crippen MR) is 121 cm³/mol. The van der Waals surface area contributed by atoms with Crippen molar-refractivity contribution in [1.29, 1.82) is 0 Å². The summed E-state index contributed by atoms with van der Waals surface area (Å²) < 4.78 is 10.9. The first kappa shape index (κ1) is 20.4. The molecule has 1 amide bonds. The Morgan fingerprint density at radius 3 is 2.32 bits per heavy atom. The van der Waals surface area contributed by atoms with Crippen LogP contribution in [0, 0.1) is 11.8 Å². The maximum atomic E-state index is 12.1. The largest absolute Gasteiger partial charge is 0.497 e. The number of nitrogens with one attached hydrogen (secondary N) is 1. The highest BCUT2D eigenvalue weighted by atomic mass is 16.6. The van der Waals surface area contributed by atoms with Gasteiger partial charge in [-0.25, -0.2) is 4.79 Å².